The van der Waals surface area contributed by atoms with Gasteiger partial charge in [0, 0.05) is 15.6 Å². The van der Waals surface area contributed by atoms with Crippen LogP contribution in [-0.2, 0) is 0 Å². The van der Waals surface area contributed by atoms with Gasteiger partial charge in [0.2, 0.25) is 0 Å². The Morgan fingerprint density at radius 2 is 2.00 bits per heavy atom. The number of amides is 1. The summed E-state index contributed by atoms with van der Waals surface area (Å²) in [6.07, 6.45) is 1.34. The standard InChI is InChI=1S/C15H12BrFN2O2/c1-9-6-12(16)7-11(14(9)20)8-18-19-15(21)10-2-4-13(17)5-3-10/h2-8,20H,1H3,(H,19,21)/b18-8+. The Balaban J connectivity index is 2.09. The molecule has 0 spiro atoms. The second-order valence-corrected chi connectivity index (χ2v) is 5.28. The van der Waals surface area contributed by atoms with Gasteiger partial charge in [0.05, 0.1) is 6.21 Å². The second kappa shape index (κ2) is 6.49. The first kappa shape index (κ1) is 15.2. The molecule has 2 aromatic carbocycles. The zero-order chi connectivity index (χ0) is 15.4. The number of phenols is 1. The van der Waals surface area contributed by atoms with Crippen molar-refractivity contribution in [3.63, 3.8) is 0 Å². The number of halogens is 2. The molecule has 2 aromatic rings. The Labute approximate surface area is 129 Å². The molecule has 2 N–H and O–H groups in total. The molecule has 6 heteroatoms. The van der Waals surface area contributed by atoms with Crippen molar-refractivity contribution in [2.24, 2.45) is 5.10 Å². The molecule has 0 aliphatic carbocycles. The van der Waals surface area contributed by atoms with E-state index in [4.69, 9.17) is 0 Å². The lowest BCUT2D eigenvalue weighted by Gasteiger charge is -2.04. The SMILES string of the molecule is Cc1cc(Br)cc(/C=N/NC(=O)c2ccc(F)cc2)c1O. The fourth-order valence-corrected chi connectivity index (χ4v) is 2.28. The van der Waals surface area contributed by atoms with Crippen LogP contribution in [0, 0.1) is 12.7 Å². The van der Waals surface area contributed by atoms with E-state index in [1.165, 1.54) is 30.5 Å². The monoisotopic (exact) mass is 350 g/mol. The highest BCUT2D eigenvalue weighted by molar-refractivity contribution is 9.10. The molecular formula is C15H12BrFN2O2. The fraction of sp³-hybridized carbons (Fsp3) is 0.0667. The highest BCUT2D eigenvalue weighted by Crippen LogP contribution is 2.25. The van der Waals surface area contributed by atoms with Crippen LogP contribution in [0.5, 0.6) is 5.75 Å². The van der Waals surface area contributed by atoms with Gasteiger partial charge in [0.15, 0.2) is 0 Å². The van der Waals surface area contributed by atoms with Gasteiger partial charge in [-0.3, -0.25) is 4.79 Å². The minimum Gasteiger partial charge on any atom is -0.507 e. The van der Waals surface area contributed by atoms with Gasteiger partial charge in [-0.25, -0.2) is 9.82 Å². The van der Waals surface area contributed by atoms with Crippen LogP contribution in [0.1, 0.15) is 21.5 Å². The maximum Gasteiger partial charge on any atom is 0.271 e. The van der Waals surface area contributed by atoms with E-state index in [0.29, 0.717) is 16.7 Å². The number of hydrogen-bond acceptors (Lipinski definition) is 3. The molecule has 4 nitrogen and oxygen atoms in total. The number of phenolic OH excluding ortho intramolecular Hbond substituents is 1. The smallest absolute Gasteiger partial charge is 0.271 e. The van der Waals surface area contributed by atoms with Gasteiger partial charge >= 0.3 is 0 Å². The Morgan fingerprint density at radius 3 is 2.67 bits per heavy atom. The maximum absolute atomic E-state index is 12.7. The van der Waals surface area contributed by atoms with Gasteiger partial charge < -0.3 is 5.11 Å². The molecule has 0 saturated heterocycles. The summed E-state index contributed by atoms with van der Waals surface area (Å²) in [4.78, 5) is 11.7. The number of carbonyl (C=O) groups is 1. The third kappa shape index (κ3) is 3.88. The van der Waals surface area contributed by atoms with Crippen molar-refractivity contribution in [2.75, 3.05) is 0 Å². The number of rotatable bonds is 3. The molecule has 0 radical (unpaired) electrons. The number of benzene rings is 2. The molecule has 21 heavy (non-hydrogen) atoms. The van der Waals surface area contributed by atoms with Crippen molar-refractivity contribution in [3.8, 4) is 5.75 Å². The summed E-state index contributed by atoms with van der Waals surface area (Å²) in [6, 6.07) is 8.56. The molecular weight excluding hydrogens is 339 g/mol. The fourth-order valence-electron chi connectivity index (χ4n) is 1.69. The number of nitrogens with zero attached hydrogens (tertiary/aromatic N) is 1. The first-order valence-corrected chi connectivity index (χ1v) is 6.85. The lowest BCUT2D eigenvalue weighted by atomic mass is 10.1. The van der Waals surface area contributed by atoms with Crippen LogP contribution >= 0.6 is 15.9 Å². The zero-order valence-corrected chi connectivity index (χ0v) is 12.7. The summed E-state index contributed by atoms with van der Waals surface area (Å²) in [5.74, 6) is -0.778. The summed E-state index contributed by atoms with van der Waals surface area (Å²) < 4.78 is 13.5. The average molecular weight is 351 g/mol. The Bertz CT molecular complexity index is 700. The predicted molar refractivity (Wildman–Crippen MR) is 82.0 cm³/mol. The van der Waals surface area contributed by atoms with Gasteiger partial charge in [-0.05, 0) is 48.9 Å². The number of hydrogen-bond donors (Lipinski definition) is 2. The molecule has 0 fully saturated rings. The molecule has 0 unspecified atom stereocenters. The summed E-state index contributed by atoms with van der Waals surface area (Å²) in [7, 11) is 0. The third-order valence-electron chi connectivity index (χ3n) is 2.77. The number of carbonyl (C=O) groups excluding carboxylic acids is 1. The highest BCUT2D eigenvalue weighted by Gasteiger charge is 2.06. The number of aromatic hydroxyl groups is 1. The minimum atomic E-state index is -0.461. The summed E-state index contributed by atoms with van der Waals surface area (Å²) in [5.41, 5.74) is 3.77. The van der Waals surface area contributed by atoms with Crippen molar-refractivity contribution in [2.45, 2.75) is 6.92 Å². The van der Waals surface area contributed by atoms with Gasteiger partial charge in [0.25, 0.3) is 5.91 Å². The second-order valence-electron chi connectivity index (χ2n) is 4.37. The minimum absolute atomic E-state index is 0.0954. The first-order chi connectivity index (χ1) is 9.97. The van der Waals surface area contributed by atoms with Gasteiger partial charge in [-0.2, -0.15) is 5.10 Å². The Kier molecular flexibility index (Phi) is 4.70. The molecule has 0 aromatic heterocycles. The molecule has 0 bridgehead atoms. The van der Waals surface area contributed by atoms with E-state index >= 15 is 0 Å². The molecule has 1 amide bonds. The lowest BCUT2D eigenvalue weighted by Crippen LogP contribution is -2.17. The van der Waals surface area contributed by atoms with Crippen LogP contribution in [0.4, 0.5) is 4.39 Å². The van der Waals surface area contributed by atoms with Crippen molar-refractivity contribution < 1.29 is 14.3 Å². The summed E-state index contributed by atoms with van der Waals surface area (Å²) in [5, 5.41) is 13.7. The maximum atomic E-state index is 12.7. The van der Waals surface area contributed by atoms with E-state index in [2.05, 4.69) is 26.5 Å². The van der Waals surface area contributed by atoms with Crippen molar-refractivity contribution >= 4 is 28.1 Å². The van der Waals surface area contributed by atoms with Crippen LogP contribution in [0.2, 0.25) is 0 Å². The number of hydrazone groups is 1. The van der Waals surface area contributed by atoms with E-state index in [9.17, 15) is 14.3 Å². The van der Waals surface area contributed by atoms with Gasteiger partial charge in [-0.15, -0.1) is 0 Å². The molecule has 0 aliphatic heterocycles. The van der Waals surface area contributed by atoms with Crippen molar-refractivity contribution in [1.29, 1.82) is 0 Å². The average Bonchev–Trinajstić information content (AvgIpc) is 2.44. The third-order valence-corrected chi connectivity index (χ3v) is 3.23. The van der Waals surface area contributed by atoms with Crippen LogP contribution in [0.3, 0.4) is 0 Å². The molecule has 0 heterocycles. The van der Waals surface area contributed by atoms with Crippen LogP contribution in [-0.4, -0.2) is 17.2 Å². The molecule has 0 aliphatic rings. The Morgan fingerprint density at radius 1 is 1.33 bits per heavy atom. The van der Waals surface area contributed by atoms with E-state index in [-0.39, 0.29) is 5.75 Å². The molecule has 2 rings (SSSR count). The van der Waals surface area contributed by atoms with Crippen LogP contribution in [0.25, 0.3) is 0 Å². The van der Waals surface area contributed by atoms with Gasteiger partial charge in [0.1, 0.15) is 11.6 Å². The zero-order valence-electron chi connectivity index (χ0n) is 11.1. The molecule has 108 valence electrons. The number of nitrogens with one attached hydrogen (secondary N) is 1. The normalized spacial score (nSPS) is 10.8. The molecule has 0 saturated carbocycles. The highest BCUT2D eigenvalue weighted by atomic mass is 79.9. The number of aryl methyl sites for hydroxylation is 1. The molecule has 0 atom stereocenters. The van der Waals surface area contributed by atoms with Crippen LogP contribution < -0.4 is 5.43 Å². The van der Waals surface area contributed by atoms with E-state index in [0.717, 1.165) is 4.47 Å². The predicted octanol–water partition coefficient (Wildman–Crippen LogP) is 3.37. The van der Waals surface area contributed by atoms with Crippen LogP contribution in [0.15, 0.2) is 46.0 Å². The summed E-state index contributed by atoms with van der Waals surface area (Å²) in [6.45, 7) is 1.76. The topological polar surface area (TPSA) is 61.7 Å². The Hall–Kier alpha value is -2.21. The van der Waals surface area contributed by atoms with E-state index in [1.54, 1.807) is 19.1 Å². The van der Waals surface area contributed by atoms with Gasteiger partial charge in [-0.1, -0.05) is 15.9 Å². The van der Waals surface area contributed by atoms with Crippen molar-refractivity contribution in [1.82, 2.24) is 5.43 Å². The first-order valence-electron chi connectivity index (χ1n) is 6.05. The van der Waals surface area contributed by atoms with E-state index < -0.39 is 11.7 Å². The summed E-state index contributed by atoms with van der Waals surface area (Å²) >= 11 is 3.32. The van der Waals surface area contributed by atoms with E-state index in [1.807, 2.05) is 0 Å². The quantitative estimate of drug-likeness (QED) is 0.658. The van der Waals surface area contributed by atoms with Crippen molar-refractivity contribution in [3.05, 3.63) is 63.4 Å². The lowest BCUT2D eigenvalue weighted by molar-refractivity contribution is 0.0955. The largest absolute Gasteiger partial charge is 0.507 e.